The van der Waals surface area contributed by atoms with Crippen molar-refractivity contribution in [1.82, 2.24) is 0 Å². The molecule has 1 N–H and O–H groups in total. The number of rotatable bonds is 5. The van der Waals surface area contributed by atoms with E-state index in [0.717, 1.165) is 0 Å². The van der Waals surface area contributed by atoms with Gasteiger partial charge in [0.15, 0.2) is 5.78 Å². The SMILES string of the molecule is CN(c1ccccc1)S(=O)(=O)c1ccc(N=CC2=C(O)CC(C)(C)CC2=O)cc1. The minimum atomic E-state index is -3.70. The molecule has 6 nitrogen and oxygen atoms in total. The molecule has 3 rings (SSSR count). The first-order valence-corrected chi connectivity index (χ1v) is 10.7. The molecule has 0 aromatic heterocycles. The van der Waals surface area contributed by atoms with Crippen LogP contribution in [0.2, 0.25) is 0 Å². The molecule has 0 unspecified atom stereocenters. The second-order valence-electron chi connectivity index (χ2n) is 7.86. The van der Waals surface area contributed by atoms with Crippen LogP contribution in [0.25, 0.3) is 0 Å². The number of aliphatic hydroxyl groups excluding tert-OH is 1. The smallest absolute Gasteiger partial charge is 0.264 e. The van der Waals surface area contributed by atoms with Gasteiger partial charge in [0.25, 0.3) is 10.0 Å². The van der Waals surface area contributed by atoms with Crippen LogP contribution in [-0.2, 0) is 14.8 Å². The monoisotopic (exact) mass is 412 g/mol. The fraction of sp³-hybridized carbons (Fsp3) is 0.273. The number of sulfonamides is 1. The van der Waals surface area contributed by atoms with Gasteiger partial charge in [0.05, 0.1) is 21.8 Å². The van der Waals surface area contributed by atoms with Gasteiger partial charge in [-0.1, -0.05) is 32.0 Å². The molecule has 0 bridgehead atoms. The number of allylic oxidation sites excluding steroid dienone is 2. The largest absolute Gasteiger partial charge is 0.511 e. The maximum atomic E-state index is 12.8. The Morgan fingerprint density at radius 1 is 1.03 bits per heavy atom. The lowest BCUT2D eigenvalue weighted by Crippen LogP contribution is -2.26. The number of nitrogens with zero attached hydrogens (tertiary/aromatic N) is 2. The average Bonchev–Trinajstić information content (AvgIpc) is 2.67. The molecular weight excluding hydrogens is 388 g/mol. The number of Topliss-reactive ketones (excluding diaryl/α,β-unsaturated/α-hetero) is 1. The summed E-state index contributed by atoms with van der Waals surface area (Å²) in [5.74, 6) is -0.107. The molecule has 0 amide bonds. The van der Waals surface area contributed by atoms with Crippen molar-refractivity contribution in [1.29, 1.82) is 0 Å². The number of hydrogen-bond donors (Lipinski definition) is 1. The van der Waals surface area contributed by atoms with Gasteiger partial charge in [0, 0.05) is 26.1 Å². The first-order valence-electron chi connectivity index (χ1n) is 9.24. The van der Waals surface area contributed by atoms with E-state index in [0.29, 0.717) is 24.2 Å². The number of carbonyl (C=O) groups excluding carboxylic acids is 1. The van der Waals surface area contributed by atoms with Gasteiger partial charge in [-0.3, -0.25) is 14.1 Å². The van der Waals surface area contributed by atoms with E-state index in [4.69, 9.17) is 0 Å². The molecule has 0 saturated heterocycles. The van der Waals surface area contributed by atoms with E-state index in [1.807, 2.05) is 19.9 Å². The molecule has 29 heavy (non-hydrogen) atoms. The normalized spacial score (nSPS) is 17.0. The summed E-state index contributed by atoms with van der Waals surface area (Å²) in [5.41, 5.74) is 1.00. The summed E-state index contributed by atoms with van der Waals surface area (Å²) < 4.78 is 26.8. The van der Waals surface area contributed by atoms with Crippen LogP contribution < -0.4 is 4.31 Å². The molecule has 2 aromatic rings. The van der Waals surface area contributed by atoms with Crippen LogP contribution in [0.3, 0.4) is 0 Å². The van der Waals surface area contributed by atoms with Crippen molar-refractivity contribution in [2.24, 2.45) is 10.4 Å². The summed E-state index contributed by atoms with van der Waals surface area (Å²) in [6.07, 6.45) is 2.12. The lowest BCUT2D eigenvalue weighted by molar-refractivity contribution is -0.117. The van der Waals surface area contributed by atoms with Crippen LogP contribution >= 0.6 is 0 Å². The molecule has 1 aliphatic carbocycles. The Bertz CT molecular complexity index is 1070. The zero-order valence-corrected chi connectivity index (χ0v) is 17.5. The summed E-state index contributed by atoms with van der Waals surface area (Å²) in [6.45, 7) is 3.86. The second kappa shape index (κ2) is 7.83. The van der Waals surface area contributed by atoms with Gasteiger partial charge in [-0.15, -0.1) is 0 Å². The third-order valence-corrected chi connectivity index (χ3v) is 6.65. The highest BCUT2D eigenvalue weighted by molar-refractivity contribution is 7.92. The number of para-hydroxylation sites is 1. The first-order chi connectivity index (χ1) is 13.6. The van der Waals surface area contributed by atoms with E-state index in [1.54, 1.807) is 36.4 Å². The lowest BCUT2D eigenvalue weighted by atomic mass is 9.77. The summed E-state index contributed by atoms with van der Waals surface area (Å²) in [7, 11) is -2.19. The Morgan fingerprint density at radius 3 is 2.24 bits per heavy atom. The summed E-state index contributed by atoms with van der Waals surface area (Å²) in [6, 6.07) is 14.9. The maximum Gasteiger partial charge on any atom is 0.264 e. The molecule has 1 aliphatic rings. The van der Waals surface area contributed by atoms with Crippen LogP contribution in [0, 0.1) is 5.41 Å². The maximum absolute atomic E-state index is 12.8. The van der Waals surface area contributed by atoms with Crippen molar-refractivity contribution in [3.05, 3.63) is 65.9 Å². The van der Waals surface area contributed by atoms with E-state index in [9.17, 15) is 18.3 Å². The minimum Gasteiger partial charge on any atom is -0.511 e. The van der Waals surface area contributed by atoms with Crippen LogP contribution in [0.4, 0.5) is 11.4 Å². The van der Waals surface area contributed by atoms with Gasteiger partial charge >= 0.3 is 0 Å². The van der Waals surface area contributed by atoms with Crippen molar-refractivity contribution in [2.75, 3.05) is 11.4 Å². The third-order valence-electron chi connectivity index (χ3n) is 4.85. The van der Waals surface area contributed by atoms with Crippen molar-refractivity contribution in [3.8, 4) is 0 Å². The van der Waals surface area contributed by atoms with Crippen molar-refractivity contribution < 1.29 is 18.3 Å². The van der Waals surface area contributed by atoms with Gasteiger partial charge in [-0.05, 0) is 41.8 Å². The van der Waals surface area contributed by atoms with E-state index in [1.165, 1.54) is 29.7 Å². The number of aliphatic hydroxyl groups is 1. The van der Waals surface area contributed by atoms with Crippen LogP contribution in [0.1, 0.15) is 26.7 Å². The number of benzene rings is 2. The quantitative estimate of drug-likeness (QED) is 0.737. The fourth-order valence-electron chi connectivity index (χ4n) is 3.23. The number of hydrogen-bond acceptors (Lipinski definition) is 5. The van der Waals surface area contributed by atoms with Gasteiger partial charge in [-0.25, -0.2) is 8.42 Å². The standard InChI is InChI=1S/C22H24N2O4S/c1-22(2)13-20(25)19(21(26)14-22)15-23-16-9-11-18(12-10-16)29(27,28)24(3)17-7-5-4-6-8-17/h4-12,15,25H,13-14H2,1-3H3. The molecule has 152 valence electrons. The zero-order chi connectivity index (χ0) is 21.2. The van der Waals surface area contributed by atoms with Crippen LogP contribution in [0.15, 0.2) is 75.8 Å². The number of anilines is 1. The van der Waals surface area contributed by atoms with Gasteiger partial charge in [0.2, 0.25) is 0 Å². The molecule has 0 atom stereocenters. The van der Waals surface area contributed by atoms with Gasteiger partial charge < -0.3 is 5.11 Å². The third kappa shape index (κ3) is 4.56. The van der Waals surface area contributed by atoms with Crippen molar-refractivity contribution >= 4 is 33.4 Å². The summed E-state index contributed by atoms with van der Waals surface area (Å²) in [5, 5.41) is 10.2. The lowest BCUT2D eigenvalue weighted by Gasteiger charge is -2.28. The fourth-order valence-corrected chi connectivity index (χ4v) is 4.42. The molecule has 0 saturated carbocycles. The van der Waals surface area contributed by atoms with Gasteiger partial charge in [-0.2, -0.15) is 0 Å². The molecular formula is C22H24N2O4S. The van der Waals surface area contributed by atoms with Crippen LogP contribution in [0.5, 0.6) is 0 Å². The molecule has 7 heteroatoms. The highest BCUT2D eigenvalue weighted by Crippen LogP contribution is 2.35. The highest BCUT2D eigenvalue weighted by Gasteiger charge is 2.32. The highest BCUT2D eigenvalue weighted by atomic mass is 32.2. The predicted octanol–water partition coefficient (Wildman–Crippen LogP) is 4.42. The number of aliphatic imine (C=N–C) groups is 1. The molecule has 0 heterocycles. The molecule has 0 spiro atoms. The van der Waals surface area contributed by atoms with E-state index in [2.05, 4.69) is 4.99 Å². The molecule has 0 radical (unpaired) electrons. The summed E-state index contributed by atoms with van der Waals surface area (Å²) in [4.78, 5) is 16.6. The van der Waals surface area contributed by atoms with E-state index in [-0.39, 0.29) is 27.4 Å². The Morgan fingerprint density at radius 2 is 1.66 bits per heavy atom. The summed E-state index contributed by atoms with van der Waals surface area (Å²) >= 11 is 0. The topological polar surface area (TPSA) is 87.0 Å². The average molecular weight is 413 g/mol. The van der Waals surface area contributed by atoms with Crippen molar-refractivity contribution in [2.45, 2.75) is 31.6 Å². The predicted molar refractivity (Wildman–Crippen MR) is 114 cm³/mol. The number of ketones is 1. The Labute approximate surface area is 171 Å². The Balaban J connectivity index is 1.80. The Kier molecular flexibility index (Phi) is 5.61. The minimum absolute atomic E-state index is 0.0404. The molecule has 0 aliphatic heterocycles. The van der Waals surface area contributed by atoms with E-state index < -0.39 is 10.0 Å². The second-order valence-corrected chi connectivity index (χ2v) is 9.83. The van der Waals surface area contributed by atoms with Crippen molar-refractivity contribution in [3.63, 3.8) is 0 Å². The van der Waals surface area contributed by atoms with Crippen LogP contribution in [-0.4, -0.2) is 32.6 Å². The first kappa shape index (κ1) is 20.8. The molecule has 2 aromatic carbocycles. The van der Waals surface area contributed by atoms with E-state index >= 15 is 0 Å². The number of carbonyl (C=O) groups is 1. The zero-order valence-electron chi connectivity index (χ0n) is 16.7. The molecule has 0 fully saturated rings. The Hall–Kier alpha value is -2.93. The van der Waals surface area contributed by atoms with Gasteiger partial charge in [0.1, 0.15) is 5.76 Å².